The van der Waals surface area contributed by atoms with Crippen LogP contribution in [0.25, 0.3) is 0 Å². The third-order valence-electron chi connectivity index (χ3n) is 3.63. The van der Waals surface area contributed by atoms with E-state index in [9.17, 15) is 9.59 Å². The average Bonchev–Trinajstić information content (AvgIpc) is 2.66. The smallest absolute Gasteiger partial charge is 0.337 e. The first-order valence-corrected chi connectivity index (χ1v) is 8.09. The molecule has 2 aromatic rings. The molecule has 7 nitrogen and oxygen atoms in total. The van der Waals surface area contributed by atoms with Crippen molar-refractivity contribution in [1.29, 1.82) is 0 Å². The van der Waals surface area contributed by atoms with Gasteiger partial charge >= 0.3 is 5.97 Å². The van der Waals surface area contributed by atoms with Gasteiger partial charge in [0, 0.05) is 25.5 Å². The largest absolute Gasteiger partial charge is 0.465 e. The first-order valence-electron chi connectivity index (χ1n) is 8.09. The molecule has 0 aliphatic rings. The van der Waals surface area contributed by atoms with Gasteiger partial charge in [-0.2, -0.15) is 0 Å². The molecule has 0 aliphatic heterocycles. The average molecular weight is 342 g/mol. The van der Waals surface area contributed by atoms with Crippen LogP contribution >= 0.6 is 0 Å². The third kappa shape index (κ3) is 5.00. The minimum atomic E-state index is -0.423. The predicted molar refractivity (Wildman–Crippen MR) is 95.9 cm³/mol. The number of hydrogen-bond donors (Lipinski definition) is 1. The van der Waals surface area contributed by atoms with Gasteiger partial charge in [-0.15, -0.1) is 0 Å². The van der Waals surface area contributed by atoms with Crippen molar-refractivity contribution in [2.24, 2.45) is 0 Å². The zero-order valence-electron chi connectivity index (χ0n) is 14.7. The first-order chi connectivity index (χ1) is 12.0. The van der Waals surface area contributed by atoms with Gasteiger partial charge in [-0.3, -0.25) is 4.79 Å². The summed E-state index contributed by atoms with van der Waals surface area (Å²) in [6.07, 6.45) is 3.68. The highest BCUT2D eigenvalue weighted by atomic mass is 16.5. The van der Waals surface area contributed by atoms with Crippen molar-refractivity contribution in [2.75, 3.05) is 30.9 Å². The van der Waals surface area contributed by atoms with Gasteiger partial charge < -0.3 is 15.0 Å². The number of nitrogens with one attached hydrogen (secondary N) is 1. The van der Waals surface area contributed by atoms with E-state index in [1.54, 1.807) is 36.5 Å². The van der Waals surface area contributed by atoms with Crippen LogP contribution in [-0.4, -0.2) is 42.5 Å². The van der Waals surface area contributed by atoms with Crippen LogP contribution in [0.1, 0.15) is 40.6 Å². The quantitative estimate of drug-likeness (QED) is 0.779. The molecule has 0 radical (unpaired) electrons. The molecule has 2 rings (SSSR count). The molecular formula is C18H22N4O3. The van der Waals surface area contributed by atoms with Crippen LogP contribution in [0.3, 0.4) is 0 Å². The molecule has 0 bridgehead atoms. The lowest BCUT2D eigenvalue weighted by Gasteiger charge is -2.16. The second kappa shape index (κ2) is 8.77. The zero-order chi connectivity index (χ0) is 18.2. The van der Waals surface area contributed by atoms with Crippen LogP contribution in [0.5, 0.6) is 0 Å². The topological polar surface area (TPSA) is 84.4 Å². The van der Waals surface area contributed by atoms with Crippen molar-refractivity contribution in [3.63, 3.8) is 0 Å². The lowest BCUT2D eigenvalue weighted by molar-refractivity contribution is 0.0600. The molecule has 1 heterocycles. The Morgan fingerprint density at radius 2 is 1.92 bits per heavy atom. The number of esters is 1. The van der Waals surface area contributed by atoms with E-state index < -0.39 is 5.97 Å². The number of methoxy groups -OCH3 is 1. The fourth-order valence-corrected chi connectivity index (χ4v) is 2.16. The molecule has 25 heavy (non-hydrogen) atoms. The molecule has 132 valence electrons. The number of rotatable bonds is 7. The van der Waals surface area contributed by atoms with Gasteiger partial charge in [-0.25, -0.2) is 14.8 Å². The summed E-state index contributed by atoms with van der Waals surface area (Å²) in [5.74, 6) is -0.242. The fourth-order valence-electron chi connectivity index (χ4n) is 2.16. The van der Waals surface area contributed by atoms with Gasteiger partial charge in [0.05, 0.1) is 12.7 Å². The summed E-state index contributed by atoms with van der Waals surface area (Å²) >= 11 is 0. The number of benzene rings is 1. The molecule has 0 aliphatic carbocycles. The number of anilines is 2. The number of hydrogen-bond acceptors (Lipinski definition) is 6. The minimum Gasteiger partial charge on any atom is -0.465 e. The second-order valence-corrected chi connectivity index (χ2v) is 5.54. The molecule has 1 amide bonds. The van der Waals surface area contributed by atoms with Crippen LogP contribution in [0.2, 0.25) is 0 Å². The van der Waals surface area contributed by atoms with Crippen molar-refractivity contribution < 1.29 is 14.3 Å². The van der Waals surface area contributed by atoms with Gasteiger partial charge in [0.1, 0.15) is 5.69 Å². The van der Waals surface area contributed by atoms with Crippen LogP contribution < -0.4 is 10.2 Å². The molecule has 0 spiro atoms. The Hall–Kier alpha value is -2.96. The van der Waals surface area contributed by atoms with Crippen LogP contribution in [-0.2, 0) is 4.74 Å². The highest BCUT2D eigenvalue weighted by molar-refractivity contribution is 6.03. The molecule has 0 fully saturated rings. The number of nitrogens with zero attached hydrogens (tertiary/aromatic N) is 3. The summed E-state index contributed by atoms with van der Waals surface area (Å²) in [7, 11) is 3.22. The number of carbonyl (C=O) groups is 2. The molecule has 1 aromatic carbocycles. The van der Waals surface area contributed by atoms with Crippen molar-refractivity contribution in [1.82, 2.24) is 9.97 Å². The van der Waals surface area contributed by atoms with Crippen molar-refractivity contribution in [2.45, 2.75) is 19.8 Å². The van der Waals surface area contributed by atoms with E-state index in [-0.39, 0.29) is 11.6 Å². The van der Waals surface area contributed by atoms with E-state index >= 15 is 0 Å². The van der Waals surface area contributed by atoms with Crippen molar-refractivity contribution in [3.8, 4) is 0 Å². The predicted octanol–water partition coefficient (Wildman–Crippen LogP) is 2.75. The summed E-state index contributed by atoms with van der Waals surface area (Å²) in [6.45, 7) is 2.95. The Labute approximate surface area is 147 Å². The Bertz CT molecular complexity index is 731. The summed E-state index contributed by atoms with van der Waals surface area (Å²) in [5.41, 5.74) is 1.27. The highest BCUT2D eigenvalue weighted by Gasteiger charge is 2.12. The Balaban J connectivity index is 2.06. The standard InChI is InChI=1S/C18H22N4O3/c1-4-5-12-22(2)18-19-11-10-15(21-18)16(23)20-14-8-6-13(7-9-14)17(24)25-3/h6-11H,4-5,12H2,1-3H3,(H,20,23). The first kappa shape index (κ1) is 18.4. The molecule has 0 saturated heterocycles. The molecule has 0 unspecified atom stereocenters. The second-order valence-electron chi connectivity index (χ2n) is 5.54. The maximum atomic E-state index is 12.4. The monoisotopic (exact) mass is 342 g/mol. The van der Waals surface area contributed by atoms with Crippen LogP contribution in [0.4, 0.5) is 11.6 Å². The fraction of sp³-hybridized carbons (Fsp3) is 0.333. The maximum Gasteiger partial charge on any atom is 0.337 e. The van der Waals surface area contributed by atoms with Crippen LogP contribution in [0, 0.1) is 0 Å². The summed E-state index contributed by atoms with van der Waals surface area (Å²) in [4.78, 5) is 34.2. The van der Waals surface area contributed by atoms with E-state index in [1.165, 1.54) is 7.11 Å². The SMILES string of the molecule is CCCCN(C)c1nccc(C(=O)Nc2ccc(C(=O)OC)cc2)n1. The van der Waals surface area contributed by atoms with E-state index in [2.05, 4.69) is 26.9 Å². The number of ether oxygens (including phenoxy) is 1. The number of amides is 1. The van der Waals surface area contributed by atoms with Crippen molar-refractivity contribution >= 4 is 23.5 Å². The molecule has 7 heteroatoms. The van der Waals surface area contributed by atoms with E-state index in [1.807, 2.05) is 11.9 Å². The lowest BCUT2D eigenvalue weighted by Crippen LogP contribution is -2.22. The van der Waals surface area contributed by atoms with E-state index in [0.717, 1.165) is 19.4 Å². The Morgan fingerprint density at radius 1 is 1.20 bits per heavy atom. The molecule has 0 atom stereocenters. The van der Waals surface area contributed by atoms with Gasteiger partial charge in [0.25, 0.3) is 5.91 Å². The van der Waals surface area contributed by atoms with Gasteiger partial charge in [0.15, 0.2) is 0 Å². The molecule has 1 N–H and O–H groups in total. The highest BCUT2D eigenvalue weighted by Crippen LogP contribution is 2.13. The van der Waals surface area contributed by atoms with Gasteiger partial charge in [0.2, 0.25) is 5.95 Å². The summed E-state index contributed by atoms with van der Waals surface area (Å²) < 4.78 is 4.64. The summed E-state index contributed by atoms with van der Waals surface area (Å²) in [5, 5.41) is 2.75. The lowest BCUT2D eigenvalue weighted by atomic mass is 10.2. The summed E-state index contributed by atoms with van der Waals surface area (Å²) in [6, 6.07) is 8.02. The molecular weight excluding hydrogens is 320 g/mol. The van der Waals surface area contributed by atoms with E-state index in [4.69, 9.17) is 0 Å². The van der Waals surface area contributed by atoms with Gasteiger partial charge in [-0.1, -0.05) is 13.3 Å². The van der Waals surface area contributed by atoms with E-state index in [0.29, 0.717) is 17.2 Å². The Kier molecular flexibility index (Phi) is 6.45. The van der Waals surface area contributed by atoms with Crippen molar-refractivity contribution in [3.05, 3.63) is 47.8 Å². The van der Waals surface area contributed by atoms with Crippen LogP contribution in [0.15, 0.2) is 36.5 Å². The number of carbonyl (C=O) groups excluding carboxylic acids is 2. The normalized spacial score (nSPS) is 10.2. The number of unbranched alkanes of at least 4 members (excludes halogenated alkanes) is 1. The molecule has 0 saturated carbocycles. The number of aromatic nitrogens is 2. The Morgan fingerprint density at radius 3 is 2.56 bits per heavy atom. The maximum absolute atomic E-state index is 12.4. The molecule has 1 aromatic heterocycles. The van der Waals surface area contributed by atoms with Gasteiger partial charge in [-0.05, 0) is 36.8 Å². The third-order valence-corrected chi connectivity index (χ3v) is 3.63. The minimum absolute atomic E-state index is 0.283. The zero-order valence-corrected chi connectivity index (χ0v) is 14.7.